The molecule has 16 nitrogen and oxygen atoms in total. The van der Waals surface area contributed by atoms with Crippen molar-refractivity contribution in [3.05, 3.63) is 146 Å². The smallest absolute Gasteiger partial charge is 0.394 e. The summed E-state index contributed by atoms with van der Waals surface area (Å²) < 4.78 is 47.6. The van der Waals surface area contributed by atoms with Crippen LogP contribution in [-0.2, 0) is 10.4 Å². The molecule has 0 spiro atoms. The quantitative estimate of drug-likeness (QED) is 0.0572. The third kappa shape index (κ3) is 12.4. The van der Waals surface area contributed by atoms with Crippen LogP contribution in [0, 0.1) is 35.5 Å². The molecule has 17 heteroatoms. The summed E-state index contributed by atoms with van der Waals surface area (Å²) in [6.45, 7) is 18.2. The van der Waals surface area contributed by atoms with E-state index in [4.69, 9.17) is 31.7 Å². The Kier molecular flexibility index (Phi) is 17.7. The fourth-order valence-electron chi connectivity index (χ4n) is 13.3. The molecule has 9 aliphatic heterocycles. The van der Waals surface area contributed by atoms with Gasteiger partial charge in [-0.05, 0) is 183 Å². The van der Waals surface area contributed by atoms with E-state index in [2.05, 4.69) is 67.6 Å². The van der Waals surface area contributed by atoms with Crippen molar-refractivity contribution in [1.29, 1.82) is 0 Å². The van der Waals surface area contributed by atoms with Crippen LogP contribution in [0.25, 0.3) is 32.7 Å². The average Bonchev–Trinajstić information content (AvgIpc) is 3.50. The molecule has 0 radical (unpaired) electrons. The van der Waals surface area contributed by atoms with Gasteiger partial charge in [0.2, 0.25) is 0 Å². The highest BCUT2D eigenvalue weighted by Crippen LogP contribution is 2.45. The minimum Gasteiger partial charge on any atom is -0.497 e. The van der Waals surface area contributed by atoms with Crippen LogP contribution in [0.2, 0.25) is 0 Å². The third-order valence-electron chi connectivity index (χ3n) is 17.5. The van der Waals surface area contributed by atoms with E-state index < -0.39 is 28.7 Å². The predicted molar refractivity (Wildman–Crippen MR) is 299 cm³/mol. The van der Waals surface area contributed by atoms with E-state index in [0.29, 0.717) is 35.5 Å². The fraction of sp³-hybridized carbons (Fsp3) is 0.450. The van der Waals surface area contributed by atoms with E-state index in [9.17, 15) is 15.3 Å². The monoisotopic (exact) mass is 1070 g/mol. The molecule has 6 bridgehead atoms. The van der Waals surface area contributed by atoms with E-state index in [1.807, 2.05) is 72.8 Å². The molecule has 15 atom stereocenters. The van der Waals surface area contributed by atoms with Crippen molar-refractivity contribution in [2.24, 2.45) is 35.5 Å². The molecule has 410 valence electrons. The average molecular weight is 1070 g/mol. The molecule has 9 fully saturated rings. The SMILES string of the molecule is C=C[C@H]1C[N@]2CC[C@H]1C[C@@H]2[C@@H](O)c1ccnc2ccc(OC)cc12.C=C[C@H]1C[N@]2CC[C@H]1C[C@@H]2[C@@H](O)c1ccnc2ccc(OC)cc12.C=C[C@H]1C[N@]2CC[C@H]1C[C@@H]2[C@@H](O)c1ccnc2ccc(OC)cc12.O=S(=O)(O)O. The highest BCUT2D eigenvalue weighted by molar-refractivity contribution is 7.79. The van der Waals surface area contributed by atoms with Crippen molar-refractivity contribution in [1.82, 2.24) is 29.7 Å². The summed E-state index contributed by atoms with van der Waals surface area (Å²) in [7, 11) is 0.318. The number of benzene rings is 3. The number of aromatic nitrogens is 3. The predicted octanol–water partition coefficient (Wildman–Crippen LogP) is 8.87. The maximum absolute atomic E-state index is 11.2. The molecule has 3 aromatic carbocycles. The second-order valence-electron chi connectivity index (χ2n) is 21.4. The van der Waals surface area contributed by atoms with Crippen molar-refractivity contribution in [3.8, 4) is 17.2 Å². The molecule has 15 rings (SSSR count). The molecule has 9 saturated heterocycles. The summed E-state index contributed by atoms with van der Waals surface area (Å²) in [6, 6.07) is 23.9. The Balaban J connectivity index is 0.000000135. The van der Waals surface area contributed by atoms with Crippen molar-refractivity contribution in [2.45, 2.75) is 75.0 Å². The molecule has 0 unspecified atom stereocenters. The number of fused-ring (bicyclic) bond motifs is 12. The van der Waals surface area contributed by atoms with Crippen LogP contribution in [0.15, 0.2) is 129 Å². The maximum Gasteiger partial charge on any atom is 0.394 e. The van der Waals surface area contributed by atoms with E-state index in [1.165, 1.54) is 19.3 Å². The lowest BCUT2D eigenvalue weighted by atomic mass is 9.73. The number of hydrogen-bond donors (Lipinski definition) is 5. The van der Waals surface area contributed by atoms with Crippen molar-refractivity contribution in [2.75, 3.05) is 60.6 Å². The van der Waals surface area contributed by atoms with Gasteiger partial charge in [0.15, 0.2) is 0 Å². The van der Waals surface area contributed by atoms with E-state index in [1.54, 1.807) is 39.9 Å². The molecular weight excluding hydrogens is 997 g/mol. The Morgan fingerprint density at radius 1 is 0.506 bits per heavy atom. The number of aliphatic hydroxyl groups is 3. The van der Waals surface area contributed by atoms with Gasteiger partial charge >= 0.3 is 10.4 Å². The molecule has 0 saturated carbocycles. The van der Waals surface area contributed by atoms with Gasteiger partial charge in [0.05, 0.1) is 56.2 Å². The van der Waals surface area contributed by atoms with Crippen LogP contribution in [0.1, 0.15) is 73.5 Å². The van der Waals surface area contributed by atoms with Crippen LogP contribution >= 0.6 is 0 Å². The highest BCUT2D eigenvalue weighted by atomic mass is 32.3. The minimum atomic E-state index is -4.67. The number of nitrogens with zero attached hydrogens (tertiary/aromatic N) is 6. The summed E-state index contributed by atoms with van der Waals surface area (Å²) in [6.07, 6.45) is 16.9. The van der Waals surface area contributed by atoms with E-state index in [-0.39, 0.29) is 18.1 Å². The van der Waals surface area contributed by atoms with Gasteiger partial charge in [0, 0.05) is 72.5 Å². The van der Waals surface area contributed by atoms with E-state index in [0.717, 1.165) is 125 Å². The summed E-state index contributed by atoms with van der Waals surface area (Å²) in [5.41, 5.74) is 5.54. The first kappa shape index (κ1) is 55.9. The second kappa shape index (κ2) is 24.4. The third-order valence-corrected chi connectivity index (χ3v) is 17.5. The van der Waals surface area contributed by atoms with Gasteiger partial charge in [-0.25, -0.2) is 0 Å². The number of ether oxygens (including phenoxy) is 3. The highest BCUT2D eigenvalue weighted by Gasteiger charge is 2.45. The number of hydrogen-bond acceptors (Lipinski definition) is 14. The normalized spacial score (nSPS) is 29.0. The molecule has 9 aliphatic rings. The number of rotatable bonds is 12. The van der Waals surface area contributed by atoms with Gasteiger partial charge in [-0.15, -0.1) is 19.7 Å². The zero-order valence-electron chi connectivity index (χ0n) is 44.3. The summed E-state index contributed by atoms with van der Waals surface area (Å²) in [5.74, 6) is 6.02. The largest absolute Gasteiger partial charge is 0.497 e. The van der Waals surface area contributed by atoms with Crippen LogP contribution < -0.4 is 14.2 Å². The van der Waals surface area contributed by atoms with Gasteiger partial charge < -0.3 is 29.5 Å². The first-order valence-corrected chi connectivity index (χ1v) is 28.1. The van der Waals surface area contributed by atoms with Crippen LogP contribution in [0.5, 0.6) is 17.2 Å². The summed E-state index contributed by atoms with van der Waals surface area (Å²) in [4.78, 5) is 20.6. The Morgan fingerprint density at radius 3 is 1.00 bits per heavy atom. The molecular formula is C60H74N6O10S. The number of piperidine rings is 9. The lowest BCUT2D eigenvalue weighted by Gasteiger charge is -2.50. The lowest BCUT2D eigenvalue weighted by Crippen LogP contribution is -2.54. The Morgan fingerprint density at radius 2 is 0.779 bits per heavy atom. The van der Waals surface area contributed by atoms with Gasteiger partial charge in [-0.1, -0.05) is 18.2 Å². The van der Waals surface area contributed by atoms with Gasteiger partial charge in [-0.3, -0.25) is 38.8 Å². The molecule has 12 heterocycles. The van der Waals surface area contributed by atoms with Gasteiger partial charge in [0.1, 0.15) is 17.2 Å². The maximum atomic E-state index is 11.2. The Bertz CT molecular complexity index is 2850. The van der Waals surface area contributed by atoms with Gasteiger partial charge in [0.25, 0.3) is 0 Å². The van der Waals surface area contributed by atoms with E-state index >= 15 is 0 Å². The Hall–Kier alpha value is -5.86. The zero-order chi connectivity index (χ0) is 54.5. The number of methoxy groups -OCH3 is 3. The van der Waals surface area contributed by atoms with Crippen molar-refractivity contribution < 1.29 is 47.1 Å². The standard InChI is InChI=1S/3C20H24N2O2.H2O4S/c3*1-3-13-12-22-9-7-14(13)10-19(22)20(23)16-6-8-21-18-5-4-15(24-2)11-17(16)18;1-5(2,3)4/h3*3-6,8,11,13-14,19-20,23H,1,7,9-10,12H2,2H3;(H2,1,2,3,4)/t3*13-,14-,19+,20-;/m000./s1. The first-order valence-electron chi connectivity index (χ1n) is 26.7. The minimum absolute atomic E-state index is 0.178. The zero-order valence-corrected chi connectivity index (χ0v) is 45.1. The lowest BCUT2D eigenvalue weighted by molar-refractivity contribution is -0.0445. The fourth-order valence-corrected chi connectivity index (χ4v) is 13.3. The van der Waals surface area contributed by atoms with Crippen molar-refractivity contribution in [3.63, 3.8) is 0 Å². The van der Waals surface area contributed by atoms with Crippen LogP contribution in [-0.4, -0.2) is 141 Å². The van der Waals surface area contributed by atoms with Crippen LogP contribution in [0.4, 0.5) is 0 Å². The number of pyridine rings is 3. The summed E-state index contributed by atoms with van der Waals surface area (Å²) in [5, 5.41) is 36.4. The van der Waals surface area contributed by atoms with Gasteiger partial charge in [-0.2, -0.15) is 8.42 Å². The Labute approximate surface area is 452 Å². The molecule has 5 N–H and O–H groups in total. The topological polar surface area (TPSA) is 211 Å². The molecule has 6 aromatic rings. The molecule has 77 heavy (non-hydrogen) atoms. The first-order chi connectivity index (χ1) is 37.1. The summed E-state index contributed by atoms with van der Waals surface area (Å²) >= 11 is 0. The molecule has 0 aliphatic carbocycles. The second-order valence-corrected chi connectivity index (χ2v) is 22.3. The number of aliphatic hydroxyl groups excluding tert-OH is 3. The van der Waals surface area contributed by atoms with Crippen LogP contribution in [0.3, 0.4) is 0 Å². The molecule has 3 aromatic heterocycles. The molecule has 0 amide bonds. The van der Waals surface area contributed by atoms with Crippen molar-refractivity contribution >= 4 is 43.1 Å².